The Morgan fingerprint density at radius 2 is 1.94 bits per heavy atom. The number of fused-ring (bicyclic) bond motifs is 1. The second-order valence-corrected chi connectivity index (χ2v) is 6.92. The lowest BCUT2D eigenvalue weighted by Gasteiger charge is -2.04. The Morgan fingerprint density at radius 1 is 1.29 bits per heavy atom. The average Bonchev–Trinajstić information content (AvgIpc) is 2.34. The number of carbonyl (C=O) groups is 1. The van der Waals surface area contributed by atoms with E-state index in [1.807, 2.05) is 0 Å². The van der Waals surface area contributed by atoms with E-state index in [4.69, 9.17) is 0 Å². The van der Waals surface area contributed by atoms with Crippen molar-refractivity contribution in [1.29, 1.82) is 0 Å². The lowest BCUT2D eigenvalue weighted by molar-refractivity contribution is 0.0985. The number of rotatable bonds is 2. The van der Waals surface area contributed by atoms with E-state index >= 15 is 0 Å². The third-order valence-corrected chi connectivity index (χ3v) is 4.02. The van der Waals surface area contributed by atoms with Crippen molar-refractivity contribution in [3.63, 3.8) is 0 Å². The predicted molar refractivity (Wildman–Crippen MR) is 59.6 cm³/mol. The fraction of sp³-hybridized carbons (Fsp3) is 0.125. The molecule has 0 atom stereocenters. The highest BCUT2D eigenvalue weighted by atomic mass is 32.2. The molecule has 1 heterocycles. The number of anilines is 1. The van der Waals surface area contributed by atoms with Crippen LogP contribution in [0.15, 0.2) is 23.1 Å². The van der Waals surface area contributed by atoms with Gasteiger partial charge in [0, 0.05) is 5.69 Å². The highest BCUT2D eigenvalue weighted by Gasteiger charge is 2.32. The van der Waals surface area contributed by atoms with E-state index in [-0.39, 0.29) is 16.1 Å². The average molecular weight is 276 g/mol. The Morgan fingerprint density at radius 3 is 2.53 bits per heavy atom. The number of amides is 1. The summed E-state index contributed by atoms with van der Waals surface area (Å²) in [6, 6.07) is 3.67. The monoisotopic (exact) mass is 276 g/mol. The Kier molecular flexibility index (Phi) is 2.40. The molecule has 0 bridgehead atoms. The summed E-state index contributed by atoms with van der Waals surface area (Å²) in [5.41, 5.74) is 0.0929. The van der Waals surface area contributed by atoms with Gasteiger partial charge in [0.05, 0.1) is 11.8 Å². The SMILES string of the molecule is CS(=O)(=O)Nc1ccc2c(c1)S(=O)(=O)NC2=O. The van der Waals surface area contributed by atoms with Crippen LogP contribution in [0.4, 0.5) is 5.69 Å². The zero-order valence-corrected chi connectivity index (χ0v) is 10.2. The second-order valence-electron chi connectivity index (χ2n) is 3.52. The topological polar surface area (TPSA) is 109 Å². The van der Waals surface area contributed by atoms with Gasteiger partial charge in [0.1, 0.15) is 4.90 Å². The van der Waals surface area contributed by atoms with Crippen molar-refractivity contribution in [1.82, 2.24) is 4.72 Å². The number of benzene rings is 1. The maximum atomic E-state index is 11.5. The first kappa shape index (κ1) is 11.9. The zero-order chi connectivity index (χ0) is 12.8. The van der Waals surface area contributed by atoms with E-state index in [1.54, 1.807) is 4.72 Å². The molecule has 0 fully saturated rings. The largest absolute Gasteiger partial charge is 0.284 e. The van der Waals surface area contributed by atoms with Gasteiger partial charge in [-0.2, -0.15) is 0 Å². The third kappa shape index (κ3) is 2.24. The Labute approximate surface area is 97.9 Å². The maximum Gasteiger partial charge on any atom is 0.266 e. The summed E-state index contributed by atoms with van der Waals surface area (Å²) < 4.78 is 48.8. The molecule has 17 heavy (non-hydrogen) atoms. The molecule has 2 N–H and O–H groups in total. The summed E-state index contributed by atoms with van der Waals surface area (Å²) in [6.07, 6.45) is 0.943. The molecule has 92 valence electrons. The molecular weight excluding hydrogens is 268 g/mol. The summed E-state index contributed by atoms with van der Waals surface area (Å²) in [5.74, 6) is -0.717. The molecule has 1 aliphatic heterocycles. The number of carbonyl (C=O) groups excluding carboxylic acids is 1. The third-order valence-electron chi connectivity index (χ3n) is 2.05. The molecule has 0 spiro atoms. The molecule has 0 saturated carbocycles. The minimum Gasteiger partial charge on any atom is -0.284 e. The van der Waals surface area contributed by atoms with Crippen molar-refractivity contribution in [2.24, 2.45) is 0 Å². The van der Waals surface area contributed by atoms with Gasteiger partial charge in [0.25, 0.3) is 15.9 Å². The number of hydrogen-bond acceptors (Lipinski definition) is 5. The van der Waals surface area contributed by atoms with E-state index in [2.05, 4.69) is 4.72 Å². The van der Waals surface area contributed by atoms with Crippen LogP contribution in [0.2, 0.25) is 0 Å². The van der Waals surface area contributed by atoms with Gasteiger partial charge in [0.15, 0.2) is 0 Å². The molecule has 0 aliphatic carbocycles. The number of hydrogen-bond donors (Lipinski definition) is 2. The number of sulfonamides is 2. The molecule has 1 aromatic rings. The fourth-order valence-electron chi connectivity index (χ4n) is 1.44. The van der Waals surface area contributed by atoms with Crippen LogP contribution in [0, 0.1) is 0 Å². The molecule has 2 rings (SSSR count). The molecular formula is C8H8N2O5S2. The molecule has 0 aromatic heterocycles. The van der Waals surface area contributed by atoms with Gasteiger partial charge in [-0.15, -0.1) is 0 Å². The molecule has 0 saturated heterocycles. The molecule has 7 nitrogen and oxygen atoms in total. The Balaban J connectivity index is 2.56. The van der Waals surface area contributed by atoms with Crippen molar-refractivity contribution in [3.05, 3.63) is 23.8 Å². The maximum absolute atomic E-state index is 11.5. The fourth-order valence-corrected chi connectivity index (χ4v) is 3.19. The van der Waals surface area contributed by atoms with Gasteiger partial charge >= 0.3 is 0 Å². The van der Waals surface area contributed by atoms with Crippen molar-refractivity contribution < 1.29 is 21.6 Å². The molecule has 1 aliphatic rings. The van der Waals surface area contributed by atoms with Crippen molar-refractivity contribution in [2.45, 2.75) is 4.90 Å². The summed E-state index contributed by atoms with van der Waals surface area (Å²) in [7, 11) is -7.36. The van der Waals surface area contributed by atoms with Gasteiger partial charge in [-0.05, 0) is 18.2 Å². The van der Waals surface area contributed by atoms with Crippen molar-refractivity contribution in [2.75, 3.05) is 11.0 Å². The van der Waals surface area contributed by atoms with E-state index in [1.165, 1.54) is 12.1 Å². The van der Waals surface area contributed by atoms with Crippen LogP contribution in [-0.4, -0.2) is 29.0 Å². The molecule has 9 heteroatoms. The van der Waals surface area contributed by atoms with Crippen LogP contribution in [-0.2, 0) is 20.0 Å². The smallest absolute Gasteiger partial charge is 0.266 e. The zero-order valence-electron chi connectivity index (χ0n) is 8.59. The van der Waals surface area contributed by atoms with Gasteiger partial charge in [-0.25, -0.2) is 21.6 Å². The molecule has 1 aromatic carbocycles. The quantitative estimate of drug-likeness (QED) is 0.756. The van der Waals surface area contributed by atoms with Crippen molar-refractivity contribution in [3.8, 4) is 0 Å². The minimum absolute atomic E-state index is 0.00375. The molecule has 0 unspecified atom stereocenters. The standard InChI is InChI=1S/C8H8N2O5S2/c1-16(12,13)9-5-2-3-6-7(4-5)17(14,15)10-8(6)11/h2-4,9H,1H3,(H,10,11). The van der Waals surface area contributed by atoms with Crippen LogP contribution >= 0.6 is 0 Å². The lowest BCUT2D eigenvalue weighted by atomic mass is 10.2. The van der Waals surface area contributed by atoms with E-state index in [9.17, 15) is 21.6 Å². The molecule has 0 radical (unpaired) electrons. The van der Waals surface area contributed by atoms with Gasteiger partial charge in [-0.3, -0.25) is 9.52 Å². The van der Waals surface area contributed by atoms with Gasteiger partial charge in [0.2, 0.25) is 10.0 Å². The van der Waals surface area contributed by atoms with Crippen LogP contribution < -0.4 is 9.44 Å². The first-order chi connectivity index (χ1) is 7.69. The highest BCUT2D eigenvalue weighted by Crippen LogP contribution is 2.25. The normalized spacial score (nSPS) is 17.4. The van der Waals surface area contributed by atoms with E-state index < -0.39 is 26.0 Å². The first-order valence-corrected chi connectivity index (χ1v) is 7.75. The van der Waals surface area contributed by atoms with Gasteiger partial charge in [-0.1, -0.05) is 0 Å². The Bertz CT molecular complexity index is 705. The molecule has 1 amide bonds. The van der Waals surface area contributed by atoms with Gasteiger partial charge < -0.3 is 0 Å². The van der Waals surface area contributed by atoms with E-state index in [0.29, 0.717) is 0 Å². The number of nitrogens with one attached hydrogen (secondary N) is 2. The van der Waals surface area contributed by atoms with Crippen LogP contribution in [0.3, 0.4) is 0 Å². The second kappa shape index (κ2) is 3.44. The summed E-state index contributed by atoms with van der Waals surface area (Å²) in [6.45, 7) is 0. The Hall–Kier alpha value is -1.61. The summed E-state index contributed by atoms with van der Waals surface area (Å²) in [4.78, 5) is 11.0. The van der Waals surface area contributed by atoms with Crippen LogP contribution in [0.1, 0.15) is 10.4 Å². The van der Waals surface area contributed by atoms with Crippen LogP contribution in [0.25, 0.3) is 0 Å². The highest BCUT2D eigenvalue weighted by molar-refractivity contribution is 7.92. The minimum atomic E-state index is -3.87. The van der Waals surface area contributed by atoms with Crippen molar-refractivity contribution >= 4 is 31.6 Å². The van der Waals surface area contributed by atoms with E-state index in [0.717, 1.165) is 12.3 Å². The summed E-state index contributed by atoms with van der Waals surface area (Å²) in [5, 5.41) is 0. The summed E-state index contributed by atoms with van der Waals surface area (Å²) >= 11 is 0. The predicted octanol–water partition coefficient (Wildman–Crippen LogP) is -0.510. The first-order valence-electron chi connectivity index (χ1n) is 4.38. The lowest BCUT2D eigenvalue weighted by Crippen LogP contribution is -2.20. The van der Waals surface area contributed by atoms with Crippen LogP contribution in [0.5, 0.6) is 0 Å².